The zero-order valence-corrected chi connectivity index (χ0v) is 14.6. The number of nitriles is 1. The van der Waals surface area contributed by atoms with Gasteiger partial charge in [-0.3, -0.25) is 0 Å². The molecule has 1 fully saturated rings. The first kappa shape index (κ1) is 15.8. The van der Waals surface area contributed by atoms with E-state index in [2.05, 4.69) is 31.0 Å². The summed E-state index contributed by atoms with van der Waals surface area (Å²) < 4.78 is 1.70. The van der Waals surface area contributed by atoms with Gasteiger partial charge in [0.25, 0.3) is 5.78 Å². The average Bonchev–Trinajstić information content (AvgIpc) is 3.30. The lowest BCUT2D eigenvalue weighted by Gasteiger charge is -2.15. The van der Waals surface area contributed by atoms with Gasteiger partial charge < -0.3 is 4.90 Å². The largest absolute Gasteiger partial charge is 0.341 e. The van der Waals surface area contributed by atoms with Gasteiger partial charge in [0.1, 0.15) is 0 Å². The molecule has 1 saturated heterocycles. The maximum absolute atomic E-state index is 8.70. The number of thioether (sulfide) groups is 1. The van der Waals surface area contributed by atoms with Crippen molar-refractivity contribution in [3.63, 3.8) is 0 Å². The molecule has 0 unspecified atom stereocenters. The van der Waals surface area contributed by atoms with Crippen LogP contribution < -0.4 is 4.90 Å². The number of nitrogens with zero attached hydrogens (tertiary/aromatic N) is 8. The Balaban J connectivity index is 1.72. The van der Waals surface area contributed by atoms with Crippen molar-refractivity contribution in [3.8, 4) is 17.3 Å². The third kappa shape index (κ3) is 3.00. The smallest absolute Gasteiger partial charge is 0.253 e. The Kier molecular flexibility index (Phi) is 4.19. The number of anilines is 1. The van der Waals surface area contributed by atoms with Crippen molar-refractivity contribution in [3.05, 3.63) is 24.2 Å². The van der Waals surface area contributed by atoms with Crippen molar-refractivity contribution in [2.75, 3.05) is 23.7 Å². The predicted molar refractivity (Wildman–Crippen MR) is 94.3 cm³/mol. The van der Waals surface area contributed by atoms with Gasteiger partial charge in [0.15, 0.2) is 0 Å². The second kappa shape index (κ2) is 6.64. The first-order valence-corrected chi connectivity index (χ1v) is 9.05. The standard InChI is InChI=1S/C16H16N8S/c1-11-12(10-19-15-21-16(22-24(11)15)25-9-5-17)13-4-6-18-14(20-13)23-7-2-3-8-23/h4,6,10H,2-3,7-9H2,1H3. The highest BCUT2D eigenvalue weighted by Crippen LogP contribution is 2.24. The molecule has 0 spiro atoms. The van der Waals surface area contributed by atoms with Crippen molar-refractivity contribution in [1.82, 2.24) is 29.5 Å². The normalized spacial score (nSPS) is 14.2. The van der Waals surface area contributed by atoms with Gasteiger partial charge in [-0.15, -0.1) is 5.10 Å². The van der Waals surface area contributed by atoms with Crippen LogP contribution in [0.25, 0.3) is 17.0 Å². The molecule has 0 N–H and O–H groups in total. The van der Waals surface area contributed by atoms with Gasteiger partial charge in [0.05, 0.1) is 23.2 Å². The molecular formula is C16H16N8S. The molecule has 4 heterocycles. The number of hydrogen-bond acceptors (Lipinski definition) is 8. The van der Waals surface area contributed by atoms with E-state index in [0.717, 1.165) is 36.0 Å². The van der Waals surface area contributed by atoms with E-state index in [9.17, 15) is 0 Å². The van der Waals surface area contributed by atoms with Crippen molar-refractivity contribution >= 4 is 23.5 Å². The predicted octanol–water partition coefficient (Wildman–Crippen LogP) is 2.11. The average molecular weight is 352 g/mol. The Labute approximate surface area is 148 Å². The molecule has 0 bridgehead atoms. The zero-order valence-electron chi connectivity index (χ0n) is 13.8. The summed E-state index contributed by atoms with van der Waals surface area (Å²) in [6.45, 7) is 3.97. The minimum absolute atomic E-state index is 0.313. The van der Waals surface area contributed by atoms with Crippen LogP contribution in [0.15, 0.2) is 23.6 Å². The molecular weight excluding hydrogens is 336 g/mol. The van der Waals surface area contributed by atoms with E-state index in [0.29, 0.717) is 16.7 Å². The number of rotatable bonds is 4. The third-order valence-corrected chi connectivity index (χ3v) is 4.87. The molecule has 0 aromatic carbocycles. The number of fused-ring (bicyclic) bond motifs is 1. The Morgan fingerprint density at radius 1 is 1.24 bits per heavy atom. The van der Waals surface area contributed by atoms with Crippen LogP contribution in [0, 0.1) is 18.3 Å². The maximum atomic E-state index is 8.70. The molecule has 0 aliphatic carbocycles. The summed E-state index contributed by atoms with van der Waals surface area (Å²) in [6.07, 6.45) is 5.92. The van der Waals surface area contributed by atoms with E-state index in [-0.39, 0.29) is 0 Å². The molecule has 1 aliphatic rings. The maximum Gasteiger partial charge on any atom is 0.253 e. The minimum atomic E-state index is 0.313. The molecule has 126 valence electrons. The van der Waals surface area contributed by atoms with Crippen LogP contribution in [0.4, 0.5) is 5.95 Å². The Bertz CT molecular complexity index is 954. The lowest BCUT2D eigenvalue weighted by atomic mass is 10.2. The second-order valence-electron chi connectivity index (χ2n) is 5.75. The Morgan fingerprint density at radius 2 is 2.08 bits per heavy atom. The first-order valence-electron chi connectivity index (χ1n) is 8.07. The Morgan fingerprint density at radius 3 is 2.88 bits per heavy atom. The lowest BCUT2D eigenvalue weighted by molar-refractivity contribution is 0.848. The van der Waals surface area contributed by atoms with Gasteiger partial charge in [-0.2, -0.15) is 14.8 Å². The van der Waals surface area contributed by atoms with Gasteiger partial charge >= 0.3 is 0 Å². The molecule has 1 aliphatic heterocycles. The molecule has 8 nitrogen and oxygen atoms in total. The minimum Gasteiger partial charge on any atom is -0.341 e. The SMILES string of the molecule is Cc1c(-c2ccnc(N3CCCC3)n2)cnc2nc(SCC#N)nn12. The Hall–Kier alpha value is -2.73. The summed E-state index contributed by atoms with van der Waals surface area (Å²) in [6, 6.07) is 3.96. The summed E-state index contributed by atoms with van der Waals surface area (Å²) in [4.78, 5) is 20.1. The quantitative estimate of drug-likeness (QED) is 0.659. The van der Waals surface area contributed by atoms with Gasteiger partial charge in [0.2, 0.25) is 11.1 Å². The van der Waals surface area contributed by atoms with Crippen LogP contribution >= 0.6 is 11.8 Å². The molecule has 0 radical (unpaired) electrons. The number of aromatic nitrogens is 6. The summed E-state index contributed by atoms with van der Waals surface area (Å²) >= 11 is 1.30. The van der Waals surface area contributed by atoms with Crippen LogP contribution in [0.1, 0.15) is 18.5 Å². The van der Waals surface area contributed by atoms with Crippen LogP contribution in [0.2, 0.25) is 0 Å². The first-order chi connectivity index (χ1) is 12.3. The summed E-state index contributed by atoms with van der Waals surface area (Å²) in [5.74, 6) is 1.60. The highest BCUT2D eigenvalue weighted by molar-refractivity contribution is 7.99. The molecule has 0 amide bonds. The summed E-state index contributed by atoms with van der Waals surface area (Å²) in [5.41, 5.74) is 2.63. The highest BCUT2D eigenvalue weighted by atomic mass is 32.2. The summed E-state index contributed by atoms with van der Waals surface area (Å²) in [5, 5.41) is 13.7. The molecule has 3 aromatic rings. The monoisotopic (exact) mass is 352 g/mol. The van der Waals surface area contributed by atoms with E-state index < -0.39 is 0 Å². The van der Waals surface area contributed by atoms with E-state index in [4.69, 9.17) is 10.2 Å². The molecule has 25 heavy (non-hydrogen) atoms. The van der Waals surface area contributed by atoms with Gasteiger partial charge in [-0.05, 0) is 25.8 Å². The fourth-order valence-corrected chi connectivity index (χ4v) is 3.38. The fraction of sp³-hybridized carbons (Fsp3) is 0.375. The fourth-order valence-electron chi connectivity index (χ4n) is 2.90. The van der Waals surface area contributed by atoms with Crippen molar-refractivity contribution in [2.45, 2.75) is 24.9 Å². The number of aryl methyl sites for hydroxylation is 1. The molecule has 3 aromatic heterocycles. The van der Waals surface area contributed by atoms with Crippen molar-refractivity contribution < 1.29 is 0 Å². The molecule has 9 heteroatoms. The van der Waals surface area contributed by atoms with E-state index >= 15 is 0 Å². The van der Waals surface area contributed by atoms with Gasteiger partial charge in [0, 0.05) is 31.0 Å². The third-order valence-electron chi connectivity index (χ3n) is 4.16. The zero-order chi connectivity index (χ0) is 17.2. The van der Waals surface area contributed by atoms with Crippen molar-refractivity contribution in [2.24, 2.45) is 0 Å². The summed E-state index contributed by atoms with van der Waals surface area (Å²) in [7, 11) is 0. The highest BCUT2D eigenvalue weighted by Gasteiger charge is 2.17. The lowest BCUT2D eigenvalue weighted by Crippen LogP contribution is -2.20. The van der Waals surface area contributed by atoms with Crippen molar-refractivity contribution in [1.29, 1.82) is 5.26 Å². The topological polar surface area (TPSA) is 95.9 Å². The van der Waals surface area contributed by atoms with Gasteiger partial charge in [-0.25, -0.2) is 15.0 Å². The van der Waals surface area contributed by atoms with Crippen LogP contribution in [0.5, 0.6) is 0 Å². The second-order valence-corrected chi connectivity index (χ2v) is 6.69. The van der Waals surface area contributed by atoms with E-state index in [1.54, 1.807) is 16.9 Å². The van der Waals surface area contributed by atoms with E-state index in [1.165, 1.54) is 24.6 Å². The van der Waals surface area contributed by atoms with Gasteiger partial charge in [-0.1, -0.05) is 11.8 Å². The molecule has 0 saturated carbocycles. The number of hydrogen-bond donors (Lipinski definition) is 0. The van der Waals surface area contributed by atoms with E-state index in [1.807, 2.05) is 13.0 Å². The van der Waals surface area contributed by atoms with Crippen LogP contribution in [-0.4, -0.2) is 48.4 Å². The van der Waals surface area contributed by atoms with Crippen LogP contribution in [0.3, 0.4) is 0 Å². The van der Waals surface area contributed by atoms with Crippen LogP contribution in [-0.2, 0) is 0 Å². The molecule has 0 atom stereocenters. The molecule has 4 rings (SSSR count).